The molecule has 10 nitrogen and oxygen atoms in total. The van der Waals surface area contributed by atoms with Gasteiger partial charge in [0.2, 0.25) is 5.95 Å². The van der Waals surface area contributed by atoms with Crippen molar-refractivity contribution in [2.24, 2.45) is 0 Å². The van der Waals surface area contributed by atoms with E-state index in [2.05, 4.69) is 15.3 Å². The topological polar surface area (TPSA) is 145 Å². The molecule has 4 N–H and O–H groups in total. The van der Waals surface area contributed by atoms with Crippen LogP contribution in [0.25, 0.3) is 16.9 Å². The van der Waals surface area contributed by atoms with Crippen LogP contribution >= 0.6 is 0 Å². The van der Waals surface area contributed by atoms with Gasteiger partial charge < -0.3 is 16.2 Å². The highest BCUT2D eigenvalue weighted by atomic mass is 32.2. The molecule has 35 heavy (non-hydrogen) atoms. The summed E-state index contributed by atoms with van der Waals surface area (Å²) in [7, 11) is -3.57. The van der Waals surface area contributed by atoms with E-state index in [1.165, 1.54) is 28.8 Å². The molecule has 1 aliphatic rings. The van der Waals surface area contributed by atoms with Gasteiger partial charge in [-0.2, -0.15) is 9.97 Å². The summed E-state index contributed by atoms with van der Waals surface area (Å²) in [6.45, 7) is 0. The number of anilines is 3. The van der Waals surface area contributed by atoms with Crippen molar-refractivity contribution in [2.45, 2.75) is 36.6 Å². The Kier molecular flexibility index (Phi) is 5.47. The molecule has 2 aromatic carbocycles. The number of aromatic hydroxyl groups is 1. The largest absolute Gasteiger partial charge is 0.508 e. The number of benzene rings is 2. The quantitative estimate of drug-likeness (QED) is 0.380. The van der Waals surface area contributed by atoms with Crippen molar-refractivity contribution in [1.82, 2.24) is 19.1 Å². The van der Waals surface area contributed by atoms with E-state index < -0.39 is 15.7 Å². The van der Waals surface area contributed by atoms with Gasteiger partial charge in [0.1, 0.15) is 17.1 Å². The molecule has 0 unspecified atom stereocenters. The maximum absolute atomic E-state index is 14.6. The summed E-state index contributed by atoms with van der Waals surface area (Å²) in [6.07, 6.45) is 4.53. The summed E-state index contributed by atoms with van der Waals surface area (Å²) in [5.41, 5.74) is 6.86. The number of sulfone groups is 1. The first-order chi connectivity index (χ1) is 16.6. The number of imidazole rings is 1. The van der Waals surface area contributed by atoms with Crippen LogP contribution in [0, 0.1) is 5.82 Å². The standard InChI is InChI=1S/C23H23FN6O4S/c1-35(33,34)16-9-10-18(17(24)12-16)26-22-27-20(25)19-21(28-22)30(13-5-2-3-6-13)23(32)29(19)14-7-4-8-15(31)11-14/h4,7-13,31H,2-3,5-6H2,1H3,(H3,25,26,27,28). The van der Waals surface area contributed by atoms with Crippen LogP contribution in [0.2, 0.25) is 0 Å². The van der Waals surface area contributed by atoms with Gasteiger partial charge in [-0.1, -0.05) is 18.9 Å². The molecule has 4 aromatic rings. The van der Waals surface area contributed by atoms with Gasteiger partial charge in [0.15, 0.2) is 21.3 Å². The number of nitrogen functional groups attached to an aromatic ring is 1. The number of fused-ring (bicyclic) bond motifs is 1. The van der Waals surface area contributed by atoms with Crippen molar-refractivity contribution >= 4 is 38.5 Å². The van der Waals surface area contributed by atoms with Crippen LogP contribution in [0.1, 0.15) is 31.7 Å². The fraction of sp³-hybridized carbons (Fsp3) is 0.261. The van der Waals surface area contributed by atoms with E-state index in [4.69, 9.17) is 5.73 Å². The van der Waals surface area contributed by atoms with Gasteiger partial charge in [0.05, 0.1) is 16.3 Å². The number of phenolic OH excluding ortho intramolecular Hbond substituents is 1. The van der Waals surface area contributed by atoms with Crippen molar-refractivity contribution in [3.05, 3.63) is 58.8 Å². The molecule has 1 aliphatic carbocycles. The molecule has 0 atom stereocenters. The third-order valence-corrected chi connectivity index (χ3v) is 7.24. The summed E-state index contributed by atoms with van der Waals surface area (Å²) in [4.78, 5) is 22.2. The monoisotopic (exact) mass is 498 g/mol. The highest BCUT2D eigenvalue weighted by Gasteiger charge is 2.27. The fourth-order valence-corrected chi connectivity index (χ4v) is 5.14. The first-order valence-corrected chi connectivity index (χ1v) is 12.9. The Labute approximate surface area is 199 Å². The molecule has 0 spiro atoms. The van der Waals surface area contributed by atoms with Crippen molar-refractivity contribution in [1.29, 1.82) is 0 Å². The Hall–Kier alpha value is -3.93. The molecule has 1 fully saturated rings. The van der Waals surface area contributed by atoms with Crippen LogP contribution in [0.4, 0.5) is 21.8 Å². The second kappa shape index (κ2) is 8.38. The maximum Gasteiger partial charge on any atom is 0.335 e. The van der Waals surface area contributed by atoms with Gasteiger partial charge >= 0.3 is 5.69 Å². The lowest BCUT2D eigenvalue weighted by atomic mass is 10.2. The minimum Gasteiger partial charge on any atom is -0.508 e. The molecule has 0 aliphatic heterocycles. The second-order valence-electron chi connectivity index (χ2n) is 8.59. The van der Waals surface area contributed by atoms with E-state index in [0.29, 0.717) is 5.69 Å². The molecule has 0 radical (unpaired) electrons. The average Bonchev–Trinajstić information content (AvgIpc) is 3.40. The molecule has 2 heterocycles. The Morgan fingerprint density at radius 2 is 1.89 bits per heavy atom. The smallest absolute Gasteiger partial charge is 0.335 e. The SMILES string of the molecule is CS(=O)(=O)c1ccc(Nc2nc(N)c3c(n2)n(C2CCCC2)c(=O)n3-c2cccc(O)c2)c(F)c1. The first kappa shape index (κ1) is 22.8. The van der Waals surface area contributed by atoms with Crippen LogP contribution < -0.4 is 16.7 Å². The van der Waals surface area contributed by atoms with E-state index in [1.807, 2.05) is 0 Å². The highest BCUT2D eigenvalue weighted by Crippen LogP contribution is 2.33. The molecule has 0 saturated heterocycles. The van der Waals surface area contributed by atoms with Crippen LogP contribution in [0.5, 0.6) is 5.75 Å². The number of nitrogens with two attached hydrogens (primary N) is 1. The van der Waals surface area contributed by atoms with Crippen LogP contribution in [-0.4, -0.2) is 38.9 Å². The Morgan fingerprint density at radius 3 is 2.54 bits per heavy atom. The number of rotatable bonds is 5. The van der Waals surface area contributed by atoms with Gasteiger partial charge in [-0.15, -0.1) is 0 Å². The number of halogens is 1. The predicted molar refractivity (Wildman–Crippen MR) is 129 cm³/mol. The molecular formula is C23H23FN6O4S. The number of phenols is 1. The minimum atomic E-state index is -3.57. The molecule has 0 amide bonds. The van der Waals surface area contributed by atoms with Gasteiger partial charge in [0, 0.05) is 18.4 Å². The number of nitrogens with zero attached hydrogens (tertiary/aromatic N) is 4. The van der Waals surface area contributed by atoms with Crippen LogP contribution in [0.15, 0.2) is 52.2 Å². The maximum atomic E-state index is 14.6. The van der Waals surface area contributed by atoms with E-state index in [0.717, 1.165) is 38.0 Å². The zero-order valence-electron chi connectivity index (χ0n) is 18.8. The summed E-state index contributed by atoms with van der Waals surface area (Å²) >= 11 is 0. The normalized spacial score (nSPS) is 14.6. The summed E-state index contributed by atoms with van der Waals surface area (Å²) < 4.78 is 41.0. The van der Waals surface area contributed by atoms with E-state index in [9.17, 15) is 22.7 Å². The van der Waals surface area contributed by atoms with Gasteiger partial charge in [-0.3, -0.25) is 9.13 Å². The van der Waals surface area contributed by atoms with Crippen molar-refractivity contribution in [2.75, 3.05) is 17.3 Å². The van der Waals surface area contributed by atoms with Crippen LogP contribution in [0.3, 0.4) is 0 Å². The van der Waals surface area contributed by atoms with E-state index in [1.54, 1.807) is 16.7 Å². The Balaban J connectivity index is 1.67. The predicted octanol–water partition coefficient (Wildman–Crippen LogP) is 3.27. The molecule has 182 valence electrons. The first-order valence-electron chi connectivity index (χ1n) is 11.0. The lowest BCUT2D eigenvalue weighted by molar-refractivity contribution is 0.474. The van der Waals surface area contributed by atoms with Gasteiger partial charge in [0.25, 0.3) is 0 Å². The highest BCUT2D eigenvalue weighted by molar-refractivity contribution is 7.90. The lowest BCUT2D eigenvalue weighted by Crippen LogP contribution is -2.26. The van der Waals surface area contributed by atoms with E-state index >= 15 is 0 Å². The zero-order chi connectivity index (χ0) is 24.9. The van der Waals surface area contributed by atoms with E-state index in [-0.39, 0.29) is 51.0 Å². The second-order valence-corrected chi connectivity index (χ2v) is 10.6. The number of aromatic nitrogens is 4. The lowest BCUT2D eigenvalue weighted by Gasteiger charge is -2.12. The number of nitrogens with one attached hydrogen (secondary N) is 1. The Bertz CT molecular complexity index is 1620. The molecule has 12 heteroatoms. The van der Waals surface area contributed by atoms with Crippen molar-refractivity contribution < 1.29 is 17.9 Å². The molecule has 5 rings (SSSR count). The third-order valence-electron chi connectivity index (χ3n) is 6.13. The van der Waals surface area contributed by atoms with Gasteiger partial charge in [-0.05, 0) is 43.2 Å². The summed E-state index contributed by atoms with van der Waals surface area (Å²) in [5.74, 6) is -0.869. The van der Waals surface area contributed by atoms with Gasteiger partial charge in [-0.25, -0.2) is 17.6 Å². The minimum absolute atomic E-state index is 0.0112. The Morgan fingerprint density at radius 1 is 1.14 bits per heavy atom. The fourth-order valence-electron chi connectivity index (χ4n) is 4.50. The summed E-state index contributed by atoms with van der Waals surface area (Å²) in [6, 6.07) is 9.60. The molecule has 1 saturated carbocycles. The van der Waals surface area contributed by atoms with Crippen molar-refractivity contribution in [3.8, 4) is 11.4 Å². The number of hydrogen-bond donors (Lipinski definition) is 3. The third kappa shape index (κ3) is 4.09. The zero-order valence-corrected chi connectivity index (χ0v) is 19.6. The van der Waals surface area contributed by atoms with Crippen molar-refractivity contribution in [3.63, 3.8) is 0 Å². The average molecular weight is 499 g/mol. The molecule has 2 aromatic heterocycles. The summed E-state index contributed by atoms with van der Waals surface area (Å²) in [5, 5.41) is 12.7. The molecule has 0 bridgehead atoms. The van der Waals surface area contributed by atoms with Crippen LogP contribution in [-0.2, 0) is 9.84 Å². The number of hydrogen-bond acceptors (Lipinski definition) is 8. The molecular weight excluding hydrogens is 475 g/mol.